The van der Waals surface area contributed by atoms with Crippen molar-refractivity contribution in [1.29, 1.82) is 0 Å². The number of aromatic nitrogens is 1. The first-order valence-corrected chi connectivity index (χ1v) is 11.0. The lowest BCUT2D eigenvalue weighted by Gasteiger charge is -2.28. The van der Waals surface area contributed by atoms with Gasteiger partial charge in [-0.2, -0.15) is 0 Å². The number of benzene rings is 3. The molecule has 0 saturated carbocycles. The van der Waals surface area contributed by atoms with Crippen molar-refractivity contribution in [1.82, 2.24) is 14.9 Å². The Hall–Kier alpha value is -3.41. The van der Waals surface area contributed by atoms with Crippen LogP contribution in [0.4, 0.5) is 0 Å². The molecule has 1 aliphatic rings. The highest BCUT2D eigenvalue weighted by Crippen LogP contribution is 2.32. The van der Waals surface area contributed by atoms with Gasteiger partial charge in [0, 0.05) is 54.8 Å². The Bertz CT molecular complexity index is 1260. The largest absolute Gasteiger partial charge is 0.340 e. The second-order valence-electron chi connectivity index (χ2n) is 8.61. The molecule has 32 heavy (non-hydrogen) atoms. The molecule has 5 heteroatoms. The van der Waals surface area contributed by atoms with Crippen molar-refractivity contribution in [3.63, 3.8) is 0 Å². The molecule has 2 heterocycles. The molecule has 0 bridgehead atoms. The minimum absolute atomic E-state index is 0.447. The maximum absolute atomic E-state index is 11.6. The molecule has 0 atom stereocenters. The molecule has 5 rings (SSSR count). The number of aryl methyl sites for hydroxylation is 1. The highest BCUT2D eigenvalue weighted by atomic mass is 16.5. The van der Waals surface area contributed by atoms with E-state index in [0.29, 0.717) is 5.56 Å². The quantitative estimate of drug-likeness (QED) is 0.361. The highest BCUT2D eigenvalue weighted by molar-refractivity contribution is 5.93. The summed E-state index contributed by atoms with van der Waals surface area (Å²) in [5, 5.41) is 10.2. The number of nitrogens with zero attached hydrogens (tertiary/aromatic N) is 2. The fourth-order valence-corrected chi connectivity index (χ4v) is 4.73. The van der Waals surface area contributed by atoms with Gasteiger partial charge in [0.15, 0.2) is 0 Å². The van der Waals surface area contributed by atoms with Crippen LogP contribution < -0.4 is 5.48 Å². The van der Waals surface area contributed by atoms with Crippen molar-refractivity contribution in [2.24, 2.45) is 0 Å². The number of rotatable bonds is 5. The molecule has 1 aliphatic heterocycles. The van der Waals surface area contributed by atoms with Crippen molar-refractivity contribution in [3.05, 3.63) is 106 Å². The van der Waals surface area contributed by atoms with Crippen LogP contribution in [0.15, 0.2) is 72.8 Å². The monoisotopic (exact) mass is 425 g/mol. The Kier molecular flexibility index (Phi) is 5.52. The average Bonchev–Trinajstić information content (AvgIpc) is 3.13. The fraction of sp³-hybridized carbons (Fsp3) is 0.222. The predicted octanol–water partition coefficient (Wildman–Crippen LogP) is 4.68. The van der Waals surface area contributed by atoms with Gasteiger partial charge in [-0.25, -0.2) is 5.48 Å². The molecule has 2 N–H and O–H groups in total. The Morgan fingerprint density at radius 2 is 1.62 bits per heavy atom. The van der Waals surface area contributed by atoms with Crippen LogP contribution in [-0.2, 0) is 26.1 Å². The summed E-state index contributed by atoms with van der Waals surface area (Å²) in [5.74, 6) is -0.492. The maximum Gasteiger partial charge on any atom is 0.274 e. The first kappa shape index (κ1) is 20.5. The van der Waals surface area contributed by atoms with Crippen LogP contribution in [0.3, 0.4) is 0 Å². The van der Waals surface area contributed by atoms with Crippen LogP contribution in [0.25, 0.3) is 10.9 Å². The predicted molar refractivity (Wildman–Crippen MR) is 126 cm³/mol. The topological polar surface area (TPSA) is 57.5 Å². The Balaban J connectivity index is 1.43. The number of hydrogen-bond acceptors (Lipinski definition) is 3. The van der Waals surface area contributed by atoms with Gasteiger partial charge in [0.25, 0.3) is 5.91 Å². The number of nitrogens with one attached hydrogen (secondary N) is 1. The molecule has 0 unspecified atom stereocenters. The molecule has 4 aromatic rings. The van der Waals surface area contributed by atoms with Crippen LogP contribution in [0.2, 0.25) is 0 Å². The highest BCUT2D eigenvalue weighted by Gasteiger charge is 2.24. The number of para-hydroxylation sites is 1. The first-order chi connectivity index (χ1) is 15.6. The zero-order valence-corrected chi connectivity index (χ0v) is 18.2. The van der Waals surface area contributed by atoms with E-state index in [9.17, 15) is 4.79 Å². The van der Waals surface area contributed by atoms with Gasteiger partial charge < -0.3 is 4.57 Å². The summed E-state index contributed by atoms with van der Waals surface area (Å²) in [7, 11) is 0. The number of fused-ring (bicyclic) bond motifs is 3. The third-order valence-corrected chi connectivity index (χ3v) is 6.43. The summed E-state index contributed by atoms with van der Waals surface area (Å²) in [6.07, 6.45) is 1.01. The summed E-state index contributed by atoms with van der Waals surface area (Å²) >= 11 is 0. The van der Waals surface area contributed by atoms with Crippen LogP contribution in [0.1, 0.15) is 38.3 Å². The number of hydroxylamine groups is 1. The van der Waals surface area contributed by atoms with Gasteiger partial charge in [-0.05, 0) is 41.8 Å². The second-order valence-corrected chi connectivity index (χ2v) is 8.61. The fourth-order valence-electron chi connectivity index (χ4n) is 4.73. The van der Waals surface area contributed by atoms with Crippen LogP contribution in [0, 0.1) is 6.92 Å². The summed E-state index contributed by atoms with van der Waals surface area (Å²) in [6, 6.07) is 24.9. The zero-order chi connectivity index (χ0) is 22.1. The van der Waals surface area contributed by atoms with Crippen molar-refractivity contribution in [3.8, 4) is 0 Å². The number of carbonyl (C=O) groups is 1. The molecule has 0 radical (unpaired) electrons. The standard InChI is InChI=1S/C27H27N3O2/c1-19-6-8-20(9-7-19)16-29-15-14-26-24(18-29)23-4-2-3-5-25(23)30(26)17-21-10-12-22(13-11-21)27(31)28-32/h2-13,32H,14-18H2,1H3,(H,28,31). The third-order valence-electron chi connectivity index (χ3n) is 6.43. The van der Waals surface area contributed by atoms with E-state index in [-0.39, 0.29) is 0 Å². The number of amides is 1. The average molecular weight is 426 g/mol. The molecule has 0 fully saturated rings. The Morgan fingerprint density at radius 1 is 0.938 bits per heavy atom. The SMILES string of the molecule is Cc1ccc(CN2CCc3c(c4ccccc4n3Cc3ccc(C(=O)NO)cc3)C2)cc1. The van der Waals surface area contributed by atoms with Crippen molar-refractivity contribution >= 4 is 16.8 Å². The molecule has 1 amide bonds. The summed E-state index contributed by atoms with van der Waals surface area (Å²) in [4.78, 5) is 14.1. The van der Waals surface area contributed by atoms with Gasteiger partial charge >= 0.3 is 0 Å². The molecule has 0 aliphatic carbocycles. The summed E-state index contributed by atoms with van der Waals surface area (Å²) in [6.45, 7) is 5.84. The molecule has 0 saturated heterocycles. The molecule has 0 spiro atoms. The van der Waals surface area contributed by atoms with E-state index < -0.39 is 5.91 Å². The molecule has 162 valence electrons. The van der Waals surface area contributed by atoms with Crippen LogP contribution >= 0.6 is 0 Å². The van der Waals surface area contributed by atoms with Crippen molar-refractivity contribution < 1.29 is 10.0 Å². The molecule has 1 aromatic heterocycles. The third kappa shape index (κ3) is 3.93. The van der Waals surface area contributed by atoms with E-state index in [1.807, 2.05) is 12.1 Å². The lowest BCUT2D eigenvalue weighted by Crippen LogP contribution is -2.30. The molecular weight excluding hydrogens is 398 g/mol. The smallest absolute Gasteiger partial charge is 0.274 e. The van der Waals surface area contributed by atoms with E-state index >= 15 is 0 Å². The van der Waals surface area contributed by atoms with Crippen LogP contribution in [-0.4, -0.2) is 27.1 Å². The molecular formula is C27H27N3O2. The van der Waals surface area contributed by atoms with E-state index in [1.54, 1.807) is 17.6 Å². The van der Waals surface area contributed by atoms with Crippen molar-refractivity contribution in [2.45, 2.75) is 33.0 Å². The number of carbonyl (C=O) groups excluding carboxylic acids is 1. The van der Waals surface area contributed by atoms with Gasteiger partial charge in [0.2, 0.25) is 0 Å². The van der Waals surface area contributed by atoms with E-state index in [2.05, 4.69) is 64.9 Å². The molecule has 5 nitrogen and oxygen atoms in total. The van der Waals surface area contributed by atoms with Crippen molar-refractivity contribution in [2.75, 3.05) is 6.54 Å². The van der Waals surface area contributed by atoms with Gasteiger partial charge in [0.05, 0.1) is 0 Å². The normalized spacial score (nSPS) is 13.8. The lowest BCUT2D eigenvalue weighted by atomic mass is 10.0. The van der Waals surface area contributed by atoms with Gasteiger partial charge in [0.1, 0.15) is 0 Å². The molecule has 3 aromatic carbocycles. The Labute approximate surface area is 187 Å². The van der Waals surface area contributed by atoms with Crippen LogP contribution in [0.5, 0.6) is 0 Å². The number of hydrogen-bond donors (Lipinski definition) is 2. The summed E-state index contributed by atoms with van der Waals surface area (Å²) in [5.41, 5.74) is 10.0. The lowest BCUT2D eigenvalue weighted by molar-refractivity contribution is 0.0706. The second kappa shape index (κ2) is 8.61. The van der Waals surface area contributed by atoms with E-state index in [0.717, 1.165) is 38.2 Å². The van der Waals surface area contributed by atoms with E-state index in [1.165, 1.54) is 33.3 Å². The zero-order valence-electron chi connectivity index (χ0n) is 18.2. The summed E-state index contributed by atoms with van der Waals surface area (Å²) < 4.78 is 2.43. The minimum Gasteiger partial charge on any atom is -0.340 e. The van der Waals surface area contributed by atoms with Gasteiger partial charge in [-0.15, -0.1) is 0 Å². The van der Waals surface area contributed by atoms with Gasteiger partial charge in [-0.1, -0.05) is 60.2 Å². The maximum atomic E-state index is 11.6. The minimum atomic E-state index is -0.492. The van der Waals surface area contributed by atoms with Gasteiger partial charge in [-0.3, -0.25) is 14.9 Å². The Morgan fingerprint density at radius 3 is 2.38 bits per heavy atom. The van der Waals surface area contributed by atoms with E-state index in [4.69, 9.17) is 5.21 Å². The first-order valence-electron chi connectivity index (χ1n) is 11.0.